The van der Waals surface area contributed by atoms with Crippen molar-refractivity contribution in [2.75, 3.05) is 11.9 Å². The highest BCUT2D eigenvalue weighted by atomic mass is 35.5. The Morgan fingerprint density at radius 2 is 1.80 bits per heavy atom. The van der Waals surface area contributed by atoms with Crippen molar-refractivity contribution >= 4 is 17.3 Å². The van der Waals surface area contributed by atoms with Gasteiger partial charge in [0, 0.05) is 0 Å². The third kappa shape index (κ3) is 3.91. The first kappa shape index (κ1) is 14.7. The average molecular weight is 290 g/mol. The number of benzene rings is 2. The van der Waals surface area contributed by atoms with Crippen LogP contribution in [-0.2, 0) is 0 Å². The van der Waals surface area contributed by atoms with Crippen molar-refractivity contribution in [1.82, 2.24) is 0 Å². The number of ether oxygens (including phenoxy) is 1. The van der Waals surface area contributed by atoms with E-state index in [1.165, 1.54) is 0 Å². The highest BCUT2D eigenvalue weighted by molar-refractivity contribution is 6.33. The van der Waals surface area contributed by atoms with Crippen molar-refractivity contribution in [2.24, 2.45) is 0 Å². The smallest absolute Gasteiger partial charge is 0.122 e. The minimum atomic E-state index is 0.118. The van der Waals surface area contributed by atoms with E-state index in [0.29, 0.717) is 0 Å². The number of aryl methyl sites for hydroxylation is 1. The van der Waals surface area contributed by atoms with Crippen LogP contribution in [-0.4, -0.2) is 12.6 Å². The number of hydrogen-bond acceptors (Lipinski definition) is 2. The van der Waals surface area contributed by atoms with Gasteiger partial charge in [-0.3, -0.25) is 0 Å². The largest absolute Gasteiger partial charge is 0.488 e. The molecular formula is C17H20ClNO. The Balaban J connectivity index is 1.96. The molecule has 106 valence electrons. The molecule has 0 amide bonds. The molecule has 0 heterocycles. The predicted molar refractivity (Wildman–Crippen MR) is 85.8 cm³/mol. The summed E-state index contributed by atoms with van der Waals surface area (Å²) in [5, 5.41) is 4.08. The highest BCUT2D eigenvalue weighted by Crippen LogP contribution is 2.22. The van der Waals surface area contributed by atoms with Crippen LogP contribution >= 0.6 is 11.6 Å². The number of para-hydroxylation sites is 2. The maximum Gasteiger partial charge on any atom is 0.122 e. The van der Waals surface area contributed by atoms with Crippen LogP contribution < -0.4 is 10.1 Å². The van der Waals surface area contributed by atoms with Crippen molar-refractivity contribution in [3.63, 3.8) is 0 Å². The van der Waals surface area contributed by atoms with E-state index in [1.54, 1.807) is 0 Å². The Hall–Kier alpha value is -1.67. The van der Waals surface area contributed by atoms with Gasteiger partial charge in [0.15, 0.2) is 0 Å². The fraction of sp³-hybridized carbons (Fsp3) is 0.294. The van der Waals surface area contributed by atoms with Crippen molar-refractivity contribution in [3.05, 3.63) is 59.1 Å². The molecular weight excluding hydrogens is 270 g/mol. The van der Waals surface area contributed by atoms with Gasteiger partial charge in [-0.1, -0.05) is 48.9 Å². The highest BCUT2D eigenvalue weighted by Gasteiger charge is 2.10. The summed E-state index contributed by atoms with van der Waals surface area (Å²) in [6.45, 7) is 4.91. The second-order valence-corrected chi connectivity index (χ2v) is 5.18. The van der Waals surface area contributed by atoms with Gasteiger partial charge in [-0.25, -0.2) is 0 Å². The van der Waals surface area contributed by atoms with Gasteiger partial charge in [-0.15, -0.1) is 0 Å². The minimum absolute atomic E-state index is 0.118. The Bertz CT molecular complexity index is 556. The Labute approximate surface area is 125 Å². The lowest BCUT2D eigenvalue weighted by Crippen LogP contribution is -2.25. The summed E-state index contributed by atoms with van der Waals surface area (Å²) in [7, 11) is 0. The number of halogens is 1. The maximum atomic E-state index is 6.13. The van der Waals surface area contributed by atoms with E-state index in [1.807, 2.05) is 42.5 Å². The lowest BCUT2D eigenvalue weighted by molar-refractivity contribution is 0.208. The summed E-state index contributed by atoms with van der Waals surface area (Å²) in [5.41, 5.74) is 2.10. The van der Waals surface area contributed by atoms with Gasteiger partial charge in [0.2, 0.25) is 0 Å². The van der Waals surface area contributed by atoms with Gasteiger partial charge in [-0.05, 0) is 37.1 Å². The summed E-state index contributed by atoms with van der Waals surface area (Å²) >= 11 is 6.13. The quantitative estimate of drug-likeness (QED) is 0.815. The van der Waals surface area contributed by atoms with Crippen LogP contribution in [0.25, 0.3) is 0 Å². The van der Waals surface area contributed by atoms with E-state index in [-0.39, 0.29) is 6.10 Å². The molecule has 0 aromatic heterocycles. The van der Waals surface area contributed by atoms with E-state index in [2.05, 4.69) is 25.2 Å². The van der Waals surface area contributed by atoms with Crippen LogP contribution in [0.15, 0.2) is 48.5 Å². The fourth-order valence-electron chi connectivity index (χ4n) is 1.97. The topological polar surface area (TPSA) is 21.3 Å². The molecule has 2 aromatic carbocycles. The average Bonchev–Trinajstić information content (AvgIpc) is 2.47. The molecule has 0 spiro atoms. The van der Waals surface area contributed by atoms with Gasteiger partial charge < -0.3 is 10.1 Å². The van der Waals surface area contributed by atoms with Crippen LogP contribution in [0.5, 0.6) is 5.75 Å². The third-order valence-corrected chi connectivity index (χ3v) is 3.57. The monoisotopic (exact) mass is 289 g/mol. The van der Waals surface area contributed by atoms with Crippen LogP contribution in [0.3, 0.4) is 0 Å². The molecule has 0 aliphatic heterocycles. The molecule has 1 atom stereocenters. The lowest BCUT2D eigenvalue weighted by Gasteiger charge is -2.20. The molecule has 0 saturated heterocycles. The van der Waals surface area contributed by atoms with Gasteiger partial charge in [-0.2, -0.15) is 0 Å². The maximum absolute atomic E-state index is 6.13. The van der Waals surface area contributed by atoms with E-state index < -0.39 is 0 Å². The fourth-order valence-corrected chi connectivity index (χ4v) is 2.17. The molecule has 3 heteroatoms. The van der Waals surface area contributed by atoms with Gasteiger partial charge in [0.05, 0.1) is 17.3 Å². The SMILES string of the molecule is CCC(CNc1ccccc1Cl)Oc1ccccc1C. The zero-order valence-corrected chi connectivity index (χ0v) is 12.7. The standard InChI is InChI=1S/C17H20ClNO/c1-3-14(20-17-11-7-4-8-13(17)2)12-19-16-10-6-5-9-15(16)18/h4-11,14,19H,3,12H2,1-2H3. The molecule has 1 unspecified atom stereocenters. The minimum Gasteiger partial charge on any atom is -0.488 e. The normalized spacial score (nSPS) is 11.9. The van der Waals surface area contributed by atoms with Crippen molar-refractivity contribution in [2.45, 2.75) is 26.4 Å². The van der Waals surface area contributed by atoms with Crippen molar-refractivity contribution in [3.8, 4) is 5.75 Å². The predicted octanol–water partition coefficient (Wildman–Crippen LogP) is 4.92. The number of anilines is 1. The van der Waals surface area contributed by atoms with E-state index in [4.69, 9.17) is 16.3 Å². The first-order valence-electron chi connectivity index (χ1n) is 6.91. The zero-order valence-electron chi connectivity index (χ0n) is 11.9. The van der Waals surface area contributed by atoms with E-state index >= 15 is 0 Å². The molecule has 0 radical (unpaired) electrons. The summed E-state index contributed by atoms with van der Waals surface area (Å²) in [4.78, 5) is 0. The number of nitrogens with one attached hydrogen (secondary N) is 1. The van der Waals surface area contributed by atoms with Crippen LogP contribution in [0.2, 0.25) is 5.02 Å². The van der Waals surface area contributed by atoms with E-state index in [0.717, 1.165) is 35.0 Å². The second-order valence-electron chi connectivity index (χ2n) is 4.77. The Morgan fingerprint density at radius 1 is 1.10 bits per heavy atom. The van der Waals surface area contributed by atoms with Crippen LogP contribution in [0.4, 0.5) is 5.69 Å². The van der Waals surface area contributed by atoms with Crippen LogP contribution in [0.1, 0.15) is 18.9 Å². The molecule has 2 rings (SSSR count). The molecule has 2 nitrogen and oxygen atoms in total. The Kier molecular flexibility index (Phi) is 5.31. The summed E-state index contributed by atoms with van der Waals surface area (Å²) in [6, 6.07) is 15.8. The number of rotatable bonds is 6. The molecule has 1 N–H and O–H groups in total. The van der Waals surface area contributed by atoms with Gasteiger partial charge in [0.25, 0.3) is 0 Å². The van der Waals surface area contributed by atoms with Crippen molar-refractivity contribution in [1.29, 1.82) is 0 Å². The molecule has 0 fully saturated rings. The van der Waals surface area contributed by atoms with Crippen molar-refractivity contribution < 1.29 is 4.74 Å². The third-order valence-electron chi connectivity index (χ3n) is 3.24. The number of hydrogen-bond donors (Lipinski definition) is 1. The summed E-state index contributed by atoms with van der Waals surface area (Å²) < 4.78 is 6.05. The van der Waals surface area contributed by atoms with Gasteiger partial charge in [0.1, 0.15) is 11.9 Å². The van der Waals surface area contributed by atoms with Gasteiger partial charge >= 0.3 is 0 Å². The molecule has 0 saturated carbocycles. The second kappa shape index (κ2) is 7.20. The molecule has 2 aromatic rings. The zero-order chi connectivity index (χ0) is 14.4. The Morgan fingerprint density at radius 3 is 2.50 bits per heavy atom. The lowest BCUT2D eigenvalue weighted by atomic mass is 10.2. The molecule has 20 heavy (non-hydrogen) atoms. The molecule has 0 aliphatic rings. The molecule has 0 aliphatic carbocycles. The summed E-state index contributed by atoms with van der Waals surface area (Å²) in [6.07, 6.45) is 1.05. The van der Waals surface area contributed by atoms with E-state index in [9.17, 15) is 0 Å². The first-order chi connectivity index (χ1) is 9.70. The van der Waals surface area contributed by atoms with Crippen LogP contribution in [0, 0.1) is 6.92 Å². The summed E-state index contributed by atoms with van der Waals surface area (Å²) in [5.74, 6) is 0.945. The first-order valence-corrected chi connectivity index (χ1v) is 7.29. The molecule has 0 bridgehead atoms.